The van der Waals surface area contributed by atoms with Crippen LogP contribution in [0.5, 0.6) is 5.75 Å². The highest BCUT2D eigenvalue weighted by Crippen LogP contribution is 2.27. The Balaban J connectivity index is 1.20. The Morgan fingerprint density at radius 3 is 2.73 bits per heavy atom. The van der Waals surface area contributed by atoms with Gasteiger partial charge in [-0.25, -0.2) is 9.37 Å². The van der Waals surface area contributed by atoms with Crippen molar-refractivity contribution in [1.82, 2.24) is 14.9 Å². The molecule has 0 amide bonds. The van der Waals surface area contributed by atoms with E-state index in [1.807, 2.05) is 18.3 Å². The summed E-state index contributed by atoms with van der Waals surface area (Å²) in [7, 11) is 2.18. The van der Waals surface area contributed by atoms with Gasteiger partial charge < -0.3 is 15.0 Å². The quantitative estimate of drug-likeness (QED) is 0.456. The van der Waals surface area contributed by atoms with Crippen LogP contribution >= 0.6 is 0 Å². The Labute approximate surface area is 196 Å². The van der Waals surface area contributed by atoms with E-state index in [2.05, 4.69) is 58.4 Å². The summed E-state index contributed by atoms with van der Waals surface area (Å²) in [5.41, 5.74) is 3.46. The molecule has 3 heterocycles. The number of hydrogen-bond acceptors (Lipinski definition) is 5. The molecule has 0 spiro atoms. The molecule has 1 saturated heterocycles. The minimum atomic E-state index is -0.296. The predicted octanol–water partition coefficient (Wildman–Crippen LogP) is 5.29. The molecule has 33 heavy (non-hydrogen) atoms. The van der Waals surface area contributed by atoms with Gasteiger partial charge in [0.1, 0.15) is 17.4 Å². The number of benzene rings is 1. The van der Waals surface area contributed by atoms with Crippen molar-refractivity contribution in [3.63, 3.8) is 0 Å². The summed E-state index contributed by atoms with van der Waals surface area (Å²) < 4.78 is 18.9. The molecule has 0 saturated carbocycles. The molecule has 4 rings (SSSR count). The van der Waals surface area contributed by atoms with Crippen LogP contribution in [0, 0.1) is 11.7 Å². The molecule has 1 aliphatic rings. The molecule has 0 radical (unpaired) electrons. The van der Waals surface area contributed by atoms with Crippen LogP contribution in [0.4, 0.5) is 10.2 Å². The second kappa shape index (κ2) is 11.2. The van der Waals surface area contributed by atoms with Crippen molar-refractivity contribution >= 4 is 5.82 Å². The number of hydrogen-bond donors (Lipinski definition) is 1. The molecular weight excluding hydrogens is 415 g/mol. The number of anilines is 1. The fourth-order valence-corrected chi connectivity index (χ4v) is 4.17. The molecule has 6 heteroatoms. The van der Waals surface area contributed by atoms with Crippen molar-refractivity contribution in [2.45, 2.75) is 38.6 Å². The second-order valence-corrected chi connectivity index (χ2v) is 9.14. The predicted molar refractivity (Wildman–Crippen MR) is 130 cm³/mol. The lowest BCUT2D eigenvalue weighted by atomic mass is 9.99. The van der Waals surface area contributed by atoms with Gasteiger partial charge in [-0.15, -0.1) is 0 Å². The molecule has 1 aliphatic heterocycles. The number of aromatic nitrogens is 2. The summed E-state index contributed by atoms with van der Waals surface area (Å²) >= 11 is 0. The van der Waals surface area contributed by atoms with Crippen molar-refractivity contribution in [2.24, 2.45) is 5.92 Å². The summed E-state index contributed by atoms with van der Waals surface area (Å²) in [6.07, 6.45) is 6.16. The molecule has 2 atom stereocenters. The number of halogens is 1. The van der Waals surface area contributed by atoms with Gasteiger partial charge >= 0.3 is 0 Å². The maximum Gasteiger partial charge on any atom is 0.141 e. The average molecular weight is 449 g/mol. The second-order valence-electron chi connectivity index (χ2n) is 9.14. The first-order chi connectivity index (χ1) is 16.0. The number of pyridine rings is 2. The molecular formula is C27H33FN4O. The van der Waals surface area contributed by atoms with Crippen molar-refractivity contribution in [3.05, 3.63) is 83.6 Å². The smallest absolute Gasteiger partial charge is 0.141 e. The fraction of sp³-hybridized carbons (Fsp3) is 0.407. The zero-order valence-electron chi connectivity index (χ0n) is 19.5. The third-order valence-electron chi connectivity index (χ3n) is 6.26. The molecule has 0 bridgehead atoms. The molecule has 3 aromatic rings. The number of nitrogens with zero attached hydrogens (tertiary/aromatic N) is 3. The van der Waals surface area contributed by atoms with Crippen molar-refractivity contribution in [2.75, 3.05) is 32.1 Å². The minimum absolute atomic E-state index is 0.296. The zero-order chi connectivity index (χ0) is 23.0. The first-order valence-electron chi connectivity index (χ1n) is 11.8. The van der Waals surface area contributed by atoms with E-state index in [9.17, 15) is 4.39 Å². The van der Waals surface area contributed by atoms with Gasteiger partial charge in [-0.3, -0.25) is 4.98 Å². The van der Waals surface area contributed by atoms with Crippen LogP contribution in [-0.2, 0) is 13.0 Å². The van der Waals surface area contributed by atoms with Crippen LogP contribution in [0.1, 0.15) is 42.5 Å². The first-order valence-corrected chi connectivity index (χ1v) is 11.8. The monoisotopic (exact) mass is 448 g/mol. The van der Waals surface area contributed by atoms with Gasteiger partial charge in [-0.05, 0) is 92.2 Å². The molecule has 0 aliphatic carbocycles. The standard InChI is InChI=1S/C27H33FN4O/c1-20(3-7-25-8-6-24(28)17-30-25)19-33-26-9-4-21(5-10-26)16-31-27-15-22(11-13-29-27)23-12-14-32(2)18-23/h4-6,8-11,13,15,17,20,23H,3,7,12,14,16,18-19H2,1-2H3,(H,29,31). The third kappa shape index (κ3) is 6.99. The minimum Gasteiger partial charge on any atom is -0.493 e. The van der Waals surface area contributed by atoms with Crippen LogP contribution in [0.25, 0.3) is 0 Å². The van der Waals surface area contributed by atoms with E-state index in [-0.39, 0.29) is 5.82 Å². The topological polar surface area (TPSA) is 50.3 Å². The molecule has 5 nitrogen and oxygen atoms in total. The summed E-state index contributed by atoms with van der Waals surface area (Å²) in [6, 6.07) is 15.7. The summed E-state index contributed by atoms with van der Waals surface area (Å²) in [5, 5.41) is 3.45. The maximum atomic E-state index is 13.0. The highest BCUT2D eigenvalue weighted by Gasteiger charge is 2.21. The number of rotatable bonds is 10. The molecule has 1 aromatic carbocycles. The van der Waals surface area contributed by atoms with Gasteiger partial charge in [0.25, 0.3) is 0 Å². The van der Waals surface area contributed by atoms with Gasteiger partial charge in [0.05, 0.1) is 12.8 Å². The fourth-order valence-electron chi connectivity index (χ4n) is 4.17. The number of ether oxygens (including phenoxy) is 1. The number of aryl methyl sites for hydroxylation is 1. The number of likely N-dealkylation sites (tertiary alicyclic amines) is 1. The molecule has 1 N–H and O–H groups in total. The van der Waals surface area contributed by atoms with E-state index in [1.54, 1.807) is 6.07 Å². The summed E-state index contributed by atoms with van der Waals surface area (Å²) in [6.45, 7) is 5.81. The average Bonchev–Trinajstić information content (AvgIpc) is 3.28. The van der Waals surface area contributed by atoms with Crippen LogP contribution in [0.2, 0.25) is 0 Å². The lowest BCUT2D eigenvalue weighted by Gasteiger charge is -2.14. The SMILES string of the molecule is CC(CCc1ccc(F)cn1)COc1ccc(CNc2cc(C3CCN(C)C3)ccn2)cc1. The third-order valence-corrected chi connectivity index (χ3v) is 6.26. The molecule has 1 fully saturated rings. The van der Waals surface area contributed by atoms with Crippen molar-refractivity contribution in [1.29, 1.82) is 0 Å². The largest absolute Gasteiger partial charge is 0.493 e. The Morgan fingerprint density at radius 2 is 2.00 bits per heavy atom. The van der Waals surface area contributed by atoms with E-state index >= 15 is 0 Å². The van der Waals surface area contributed by atoms with Crippen molar-refractivity contribution in [3.8, 4) is 5.75 Å². The van der Waals surface area contributed by atoms with E-state index in [0.717, 1.165) is 49.7 Å². The van der Waals surface area contributed by atoms with Crippen LogP contribution in [0.3, 0.4) is 0 Å². The van der Waals surface area contributed by atoms with Gasteiger partial charge in [-0.2, -0.15) is 0 Å². The van der Waals surface area contributed by atoms with E-state index < -0.39 is 0 Å². The van der Waals surface area contributed by atoms with E-state index in [1.165, 1.54) is 29.8 Å². The Morgan fingerprint density at radius 1 is 1.15 bits per heavy atom. The Bertz CT molecular complexity index is 1010. The van der Waals surface area contributed by atoms with Crippen LogP contribution < -0.4 is 10.1 Å². The highest BCUT2D eigenvalue weighted by molar-refractivity contribution is 5.40. The number of nitrogens with one attached hydrogen (secondary N) is 1. The lowest BCUT2D eigenvalue weighted by molar-refractivity contribution is 0.252. The Kier molecular flexibility index (Phi) is 7.89. The van der Waals surface area contributed by atoms with Crippen LogP contribution in [-0.4, -0.2) is 41.6 Å². The normalized spacial score (nSPS) is 17.1. The lowest BCUT2D eigenvalue weighted by Crippen LogP contribution is -2.13. The summed E-state index contributed by atoms with van der Waals surface area (Å²) in [5.74, 6) is 2.49. The molecule has 174 valence electrons. The van der Waals surface area contributed by atoms with Gasteiger partial charge in [0.15, 0.2) is 0 Å². The van der Waals surface area contributed by atoms with E-state index in [4.69, 9.17) is 4.74 Å². The number of likely N-dealkylation sites (N-methyl/N-ethyl adjacent to an activating group) is 1. The first kappa shape index (κ1) is 23.2. The maximum absolute atomic E-state index is 13.0. The zero-order valence-corrected chi connectivity index (χ0v) is 19.5. The van der Waals surface area contributed by atoms with E-state index in [0.29, 0.717) is 18.4 Å². The van der Waals surface area contributed by atoms with Gasteiger partial charge in [0, 0.05) is 25.0 Å². The van der Waals surface area contributed by atoms with Crippen LogP contribution in [0.15, 0.2) is 60.9 Å². The van der Waals surface area contributed by atoms with Gasteiger partial charge in [-0.1, -0.05) is 19.1 Å². The summed E-state index contributed by atoms with van der Waals surface area (Å²) in [4.78, 5) is 11.0. The van der Waals surface area contributed by atoms with Crippen molar-refractivity contribution < 1.29 is 9.13 Å². The Hall–Kier alpha value is -2.99. The molecule has 2 aromatic heterocycles. The molecule has 2 unspecified atom stereocenters. The highest BCUT2D eigenvalue weighted by atomic mass is 19.1. The van der Waals surface area contributed by atoms with Gasteiger partial charge in [0.2, 0.25) is 0 Å².